The van der Waals surface area contributed by atoms with Crippen molar-refractivity contribution < 1.29 is 13.2 Å². The van der Waals surface area contributed by atoms with Crippen LogP contribution in [-0.2, 0) is 21.4 Å². The summed E-state index contributed by atoms with van der Waals surface area (Å²) in [4.78, 5) is 16.8. The van der Waals surface area contributed by atoms with Crippen LogP contribution in [0.3, 0.4) is 0 Å². The molecule has 1 aliphatic heterocycles. The van der Waals surface area contributed by atoms with Crippen LogP contribution in [0.4, 0.5) is 0 Å². The van der Waals surface area contributed by atoms with Crippen LogP contribution in [0, 0.1) is 12.8 Å². The fourth-order valence-corrected chi connectivity index (χ4v) is 4.40. The van der Waals surface area contributed by atoms with Crippen LogP contribution in [0.1, 0.15) is 25.1 Å². The molecular weight excluding hydrogens is 352 g/mol. The largest absolute Gasteiger partial charge is 0.356 e. The molecular formula is C18H26N4O3S. The van der Waals surface area contributed by atoms with Crippen molar-refractivity contribution in [3.8, 4) is 0 Å². The van der Waals surface area contributed by atoms with Crippen LogP contribution in [0.15, 0.2) is 24.3 Å². The number of aromatic nitrogens is 2. The SMILES string of the molecule is Cc1nc2ccccc2n1CCCNC(=O)C1CCN(S(C)(=O)=O)CC1. The van der Waals surface area contributed by atoms with Gasteiger partial charge in [-0.1, -0.05) is 12.1 Å². The summed E-state index contributed by atoms with van der Waals surface area (Å²) >= 11 is 0. The molecule has 1 N–H and O–H groups in total. The number of hydrogen-bond donors (Lipinski definition) is 1. The lowest BCUT2D eigenvalue weighted by atomic mass is 9.97. The van der Waals surface area contributed by atoms with Gasteiger partial charge in [0.15, 0.2) is 0 Å². The number of benzene rings is 1. The lowest BCUT2D eigenvalue weighted by molar-refractivity contribution is -0.126. The monoisotopic (exact) mass is 378 g/mol. The zero-order chi connectivity index (χ0) is 18.7. The van der Waals surface area contributed by atoms with Crippen LogP contribution < -0.4 is 5.32 Å². The molecule has 3 rings (SSSR count). The van der Waals surface area contributed by atoms with Crippen LogP contribution >= 0.6 is 0 Å². The van der Waals surface area contributed by atoms with Gasteiger partial charge in [-0.25, -0.2) is 17.7 Å². The summed E-state index contributed by atoms with van der Waals surface area (Å²) in [5.74, 6) is 0.917. The van der Waals surface area contributed by atoms with Gasteiger partial charge >= 0.3 is 0 Å². The molecule has 142 valence electrons. The Hall–Kier alpha value is -1.93. The molecule has 0 unspecified atom stereocenters. The van der Waals surface area contributed by atoms with Gasteiger partial charge < -0.3 is 9.88 Å². The maximum Gasteiger partial charge on any atom is 0.223 e. The van der Waals surface area contributed by atoms with Crippen molar-refractivity contribution in [3.63, 3.8) is 0 Å². The quantitative estimate of drug-likeness (QED) is 0.773. The van der Waals surface area contributed by atoms with Crippen LogP contribution in [0.25, 0.3) is 11.0 Å². The summed E-state index contributed by atoms with van der Waals surface area (Å²) in [5.41, 5.74) is 2.11. The van der Waals surface area contributed by atoms with Gasteiger partial charge in [-0.3, -0.25) is 4.79 Å². The fraction of sp³-hybridized carbons (Fsp3) is 0.556. The number of para-hydroxylation sites is 2. The number of rotatable bonds is 6. The van der Waals surface area contributed by atoms with E-state index < -0.39 is 10.0 Å². The van der Waals surface area contributed by atoms with Gasteiger partial charge in [-0.2, -0.15) is 0 Å². The van der Waals surface area contributed by atoms with Gasteiger partial charge in [0, 0.05) is 32.1 Å². The predicted molar refractivity (Wildman–Crippen MR) is 101 cm³/mol. The number of hydrogen-bond acceptors (Lipinski definition) is 4. The van der Waals surface area contributed by atoms with E-state index in [9.17, 15) is 13.2 Å². The van der Waals surface area contributed by atoms with Gasteiger partial charge in [-0.05, 0) is 38.3 Å². The molecule has 1 fully saturated rings. The standard InChI is InChI=1S/C18H26N4O3S/c1-14-20-16-6-3-4-7-17(16)22(14)11-5-10-19-18(23)15-8-12-21(13-9-15)26(2,24)25/h3-4,6-7,15H,5,8-13H2,1-2H3,(H,19,23). The molecule has 0 saturated carbocycles. The van der Waals surface area contributed by atoms with Crippen LogP contribution in [0.2, 0.25) is 0 Å². The van der Waals surface area contributed by atoms with Gasteiger partial charge in [0.05, 0.1) is 17.3 Å². The van der Waals surface area contributed by atoms with Crippen molar-refractivity contribution in [2.75, 3.05) is 25.9 Å². The summed E-state index contributed by atoms with van der Waals surface area (Å²) in [6, 6.07) is 8.05. The summed E-state index contributed by atoms with van der Waals surface area (Å²) in [7, 11) is -3.15. The van der Waals surface area contributed by atoms with E-state index in [1.165, 1.54) is 10.6 Å². The Labute approximate surface area is 154 Å². The minimum absolute atomic E-state index is 0.0327. The Morgan fingerprint density at radius 3 is 2.65 bits per heavy atom. The highest BCUT2D eigenvalue weighted by molar-refractivity contribution is 7.88. The highest BCUT2D eigenvalue weighted by Gasteiger charge is 2.28. The molecule has 1 aliphatic rings. The molecule has 0 aliphatic carbocycles. The third kappa shape index (κ3) is 4.24. The van der Waals surface area contributed by atoms with Crippen molar-refractivity contribution in [2.45, 2.75) is 32.7 Å². The molecule has 7 nitrogen and oxygen atoms in total. The Morgan fingerprint density at radius 2 is 1.96 bits per heavy atom. The zero-order valence-electron chi connectivity index (χ0n) is 15.3. The van der Waals surface area contributed by atoms with E-state index in [0.29, 0.717) is 32.5 Å². The first-order chi connectivity index (χ1) is 12.4. The van der Waals surface area contributed by atoms with Gasteiger partial charge in [0.2, 0.25) is 15.9 Å². The van der Waals surface area contributed by atoms with Crippen molar-refractivity contribution in [2.24, 2.45) is 5.92 Å². The minimum Gasteiger partial charge on any atom is -0.356 e. The summed E-state index contributed by atoms with van der Waals surface area (Å²) in [6.07, 6.45) is 3.22. The third-order valence-electron chi connectivity index (χ3n) is 5.00. The number of carbonyl (C=O) groups is 1. The molecule has 0 radical (unpaired) electrons. The average molecular weight is 378 g/mol. The van der Waals surface area contributed by atoms with E-state index in [1.807, 2.05) is 25.1 Å². The molecule has 26 heavy (non-hydrogen) atoms. The van der Waals surface area contributed by atoms with Crippen molar-refractivity contribution in [3.05, 3.63) is 30.1 Å². The Kier molecular flexibility index (Phi) is 5.62. The number of nitrogens with one attached hydrogen (secondary N) is 1. The first kappa shape index (κ1) is 18.8. The maximum absolute atomic E-state index is 12.3. The summed E-state index contributed by atoms with van der Waals surface area (Å²) in [6.45, 7) is 4.26. The molecule has 1 aromatic carbocycles. The number of fused-ring (bicyclic) bond motifs is 1. The number of aryl methyl sites for hydroxylation is 2. The highest BCUT2D eigenvalue weighted by Crippen LogP contribution is 2.19. The molecule has 2 heterocycles. The maximum atomic E-state index is 12.3. The van der Waals surface area contributed by atoms with E-state index in [-0.39, 0.29) is 11.8 Å². The second-order valence-corrected chi connectivity index (χ2v) is 8.86. The topological polar surface area (TPSA) is 84.3 Å². The number of piperidine rings is 1. The van der Waals surface area contributed by atoms with E-state index in [4.69, 9.17) is 0 Å². The molecule has 1 saturated heterocycles. The van der Waals surface area contributed by atoms with Gasteiger partial charge in [-0.15, -0.1) is 0 Å². The molecule has 0 spiro atoms. The van der Waals surface area contributed by atoms with Crippen molar-refractivity contribution >= 4 is 27.0 Å². The Bertz CT molecular complexity index is 883. The predicted octanol–water partition coefficient (Wildman–Crippen LogP) is 1.52. The average Bonchev–Trinajstić information content (AvgIpc) is 2.93. The molecule has 2 aromatic rings. The minimum atomic E-state index is -3.15. The second-order valence-electron chi connectivity index (χ2n) is 6.88. The fourth-order valence-electron chi connectivity index (χ4n) is 3.52. The van der Waals surface area contributed by atoms with E-state index in [1.54, 1.807) is 0 Å². The van der Waals surface area contributed by atoms with E-state index >= 15 is 0 Å². The summed E-state index contributed by atoms with van der Waals surface area (Å²) in [5, 5.41) is 3.00. The molecule has 8 heteroatoms. The first-order valence-electron chi connectivity index (χ1n) is 9.01. The molecule has 0 bridgehead atoms. The van der Waals surface area contributed by atoms with Crippen molar-refractivity contribution in [1.82, 2.24) is 19.2 Å². The first-order valence-corrected chi connectivity index (χ1v) is 10.9. The molecule has 0 atom stereocenters. The highest BCUT2D eigenvalue weighted by atomic mass is 32.2. The number of carbonyl (C=O) groups excluding carboxylic acids is 1. The number of sulfonamides is 1. The van der Waals surface area contributed by atoms with Gasteiger partial charge in [0.1, 0.15) is 5.82 Å². The summed E-state index contributed by atoms with van der Waals surface area (Å²) < 4.78 is 26.7. The molecule has 1 aromatic heterocycles. The third-order valence-corrected chi connectivity index (χ3v) is 6.30. The van der Waals surface area contributed by atoms with E-state index in [0.717, 1.165) is 29.8 Å². The normalized spacial score (nSPS) is 16.8. The lowest BCUT2D eigenvalue weighted by Gasteiger charge is -2.29. The number of imidazole rings is 1. The Morgan fingerprint density at radius 1 is 1.27 bits per heavy atom. The molecule has 1 amide bonds. The smallest absolute Gasteiger partial charge is 0.223 e. The van der Waals surface area contributed by atoms with Gasteiger partial charge in [0.25, 0.3) is 0 Å². The number of amides is 1. The van der Waals surface area contributed by atoms with Crippen LogP contribution in [-0.4, -0.2) is 54.1 Å². The Balaban J connectivity index is 1.45. The van der Waals surface area contributed by atoms with E-state index in [2.05, 4.69) is 20.9 Å². The lowest BCUT2D eigenvalue weighted by Crippen LogP contribution is -2.42. The number of nitrogens with zero attached hydrogens (tertiary/aromatic N) is 3. The van der Waals surface area contributed by atoms with Crippen LogP contribution in [0.5, 0.6) is 0 Å². The zero-order valence-corrected chi connectivity index (χ0v) is 16.1. The van der Waals surface area contributed by atoms with Crippen molar-refractivity contribution in [1.29, 1.82) is 0 Å². The second kappa shape index (κ2) is 7.75.